The Hall–Kier alpha value is -2.17. The van der Waals surface area contributed by atoms with Gasteiger partial charge in [-0.25, -0.2) is 0 Å². The zero-order valence-electron chi connectivity index (χ0n) is 17.3. The van der Waals surface area contributed by atoms with E-state index in [4.69, 9.17) is 0 Å². The summed E-state index contributed by atoms with van der Waals surface area (Å²) in [7, 11) is 0. The van der Waals surface area contributed by atoms with E-state index in [1.165, 1.54) is 22.3 Å². The van der Waals surface area contributed by atoms with E-state index in [1.807, 2.05) is 37.3 Å². The molecule has 0 saturated heterocycles. The van der Waals surface area contributed by atoms with Gasteiger partial charge in [-0.05, 0) is 47.6 Å². The first-order valence-corrected chi connectivity index (χ1v) is 10.5. The summed E-state index contributed by atoms with van der Waals surface area (Å²) in [6.07, 6.45) is 0.921. The molecule has 0 aromatic heterocycles. The van der Waals surface area contributed by atoms with Crippen molar-refractivity contribution in [3.63, 3.8) is 0 Å². The molecule has 3 aromatic carbocycles. The van der Waals surface area contributed by atoms with Crippen molar-refractivity contribution in [2.75, 3.05) is 6.54 Å². The lowest BCUT2D eigenvalue weighted by molar-refractivity contribution is -0.699. The van der Waals surface area contributed by atoms with Gasteiger partial charge >= 0.3 is 0 Å². The Morgan fingerprint density at radius 2 is 1.30 bits per heavy atom. The highest BCUT2D eigenvalue weighted by atomic mass is 35.5. The molecule has 0 fully saturated rings. The van der Waals surface area contributed by atoms with Crippen molar-refractivity contribution in [2.24, 2.45) is 0 Å². The number of fused-ring (bicyclic) bond motifs is 2. The average Bonchev–Trinajstić information content (AvgIpc) is 2.94. The number of rotatable bonds is 6. The summed E-state index contributed by atoms with van der Waals surface area (Å²) in [5, 5.41) is 24.0. The highest BCUT2D eigenvalue weighted by Gasteiger charge is 2.31. The van der Waals surface area contributed by atoms with Crippen molar-refractivity contribution in [3.8, 4) is 0 Å². The summed E-state index contributed by atoms with van der Waals surface area (Å²) in [5.41, 5.74) is 6.02. The van der Waals surface area contributed by atoms with Crippen LogP contribution in [0.15, 0.2) is 78.9 Å². The van der Waals surface area contributed by atoms with Gasteiger partial charge in [0.25, 0.3) is 0 Å². The summed E-state index contributed by atoms with van der Waals surface area (Å²) in [6, 6.07) is 26.7. The minimum Gasteiger partial charge on any atom is -1.00 e. The predicted octanol–water partition coefficient (Wildman–Crippen LogP) is -0.0325. The first-order chi connectivity index (χ1) is 14.1. The van der Waals surface area contributed by atoms with Crippen molar-refractivity contribution in [1.82, 2.24) is 0 Å². The van der Waals surface area contributed by atoms with Gasteiger partial charge in [-0.1, -0.05) is 78.9 Å². The van der Waals surface area contributed by atoms with E-state index in [0.29, 0.717) is 6.54 Å². The summed E-state index contributed by atoms with van der Waals surface area (Å²) >= 11 is 0. The molecule has 0 spiro atoms. The molecule has 3 nitrogen and oxygen atoms in total. The molecule has 3 unspecified atom stereocenters. The van der Waals surface area contributed by atoms with Crippen LogP contribution in [0.5, 0.6) is 0 Å². The fourth-order valence-corrected chi connectivity index (χ4v) is 4.55. The van der Waals surface area contributed by atoms with E-state index >= 15 is 0 Å². The van der Waals surface area contributed by atoms with Crippen LogP contribution in [0.2, 0.25) is 0 Å². The van der Waals surface area contributed by atoms with Crippen LogP contribution in [0.25, 0.3) is 0 Å². The van der Waals surface area contributed by atoms with E-state index in [-0.39, 0.29) is 24.4 Å². The quantitative estimate of drug-likeness (QED) is 0.521. The number of halogens is 1. The van der Waals surface area contributed by atoms with Crippen molar-refractivity contribution >= 4 is 0 Å². The van der Waals surface area contributed by atoms with Crippen molar-refractivity contribution in [1.29, 1.82) is 0 Å². The second-order valence-electron chi connectivity index (χ2n) is 8.13. The Kier molecular flexibility index (Phi) is 7.68. The lowest BCUT2D eigenvalue weighted by Crippen LogP contribution is -3.00. The fraction of sp³-hybridized carbons (Fsp3) is 0.308. The number of benzene rings is 3. The predicted molar refractivity (Wildman–Crippen MR) is 116 cm³/mol. The van der Waals surface area contributed by atoms with E-state index < -0.39 is 12.2 Å². The molecular weight excluding hydrogens is 394 g/mol. The van der Waals surface area contributed by atoms with E-state index in [9.17, 15) is 10.2 Å². The number of quaternary nitrogens is 1. The van der Waals surface area contributed by atoms with E-state index in [1.54, 1.807) is 0 Å². The molecule has 1 aliphatic carbocycles. The number of aryl methyl sites for hydroxylation is 2. The lowest BCUT2D eigenvalue weighted by Gasteiger charge is -2.26. The maximum absolute atomic E-state index is 11.3. The highest BCUT2D eigenvalue weighted by molar-refractivity contribution is 5.45. The molecule has 0 saturated carbocycles. The second-order valence-corrected chi connectivity index (χ2v) is 8.13. The van der Waals surface area contributed by atoms with Crippen molar-refractivity contribution in [3.05, 3.63) is 107 Å². The van der Waals surface area contributed by atoms with Crippen LogP contribution in [-0.4, -0.2) is 28.9 Å². The molecule has 0 amide bonds. The Balaban J connectivity index is 0.00000256. The second kappa shape index (κ2) is 10.2. The molecule has 0 radical (unpaired) electrons. The van der Waals surface area contributed by atoms with Crippen LogP contribution in [0.1, 0.15) is 46.8 Å². The van der Waals surface area contributed by atoms with Gasteiger partial charge in [-0.2, -0.15) is 0 Å². The fourth-order valence-electron chi connectivity index (χ4n) is 4.55. The van der Waals surface area contributed by atoms with Gasteiger partial charge in [-0.15, -0.1) is 0 Å². The topological polar surface area (TPSA) is 57.1 Å². The Morgan fingerprint density at radius 1 is 0.800 bits per heavy atom. The Morgan fingerprint density at radius 3 is 1.87 bits per heavy atom. The SMILES string of the molecule is CC([NH2+]CC(O)C1c2ccccc2CCc2ccccc21)C(O)c1ccccc1.[Cl-]. The van der Waals surface area contributed by atoms with Gasteiger partial charge in [0.05, 0.1) is 0 Å². The zero-order chi connectivity index (χ0) is 20.2. The number of hydrogen-bond donors (Lipinski definition) is 3. The maximum Gasteiger partial charge on any atom is 0.130 e. The van der Waals surface area contributed by atoms with Crippen molar-refractivity contribution in [2.45, 2.75) is 43.9 Å². The molecule has 0 bridgehead atoms. The molecule has 1 aliphatic rings. The van der Waals surface area contributed by atoms with Gasteiger partial charge in [0.1, 0.15) is 24.8 Å². The molecule has 4 rings (SSSR count). The van der Waals surface area contributed by atoms with Gasteiger partial charge in [0.2, 0.25) is 0 Å². The van der Waals surface area contributed by atoms with Gasteiger partial charge < -0.3 is 27.9 Å². The van der Waals surface area contributed by atoms with Crippen LogP contribution in [-0.2, 0) is 12.8 Å². The van der Waals surface area contributed by atoms with Gasteiger partial charge in [-0.3, -0.25) is 0 Å². The molecule has 30 heavy (non-hydrogen) atoms. The van der Waals surface area contributed by atoms with Gasteiger partial charge in [0.15, 0.2) is 0 Å². The van der Waals surface area contributed by atoms with E-state index in [2.05, 4.69) is 53.8 Å². The smallest absolute Gasteiger partial charge is 0.130 e. The summed E-state index contributed by atoms with van der Waals surface area (Å²) in [5.74, 6) is -0.0396. The molecule has 0 heterocycles. The highest BCUT2D eigenvalue weighted by Crippen LogP contribution is 2.36. The van der Waals surface area contributed by atoms with Crippen molar-refractivity contribution < 1.29 is 27.9 Å². The Labute approximate surface area is 185 Å². The first kappa shape index (κ1) is 22.5. The lowest BCUT2D eigenvalue weighted by atomic mass is 9.84. The van der Waals surface area contributed by atoms with Crippen LogP contribution >= 0.6 is 0 Å². The normalized spacial score (nSPS) is 16.4. The van der Waals surface area contributed by atoms with Crippen LogP contribution in [0.3, 0.4) is 0 Å². The molecule has 3 atom stereocenters. The van der Waals surface area contributed by atoms with E-state index in [0.717, 1.165) is 18.4 Å². The molecule has 3 aromatic rings. The van der Waals surface area contributed by atoms with Crippen LogP contribution in [0.4, 0.5) is 0 Å². The minimum atomic E-state index is -0.558. The van der Waals surface area contributed by atoms with Crippen LogP contribution in [0, 0.1) is 0 Å². The maximum atomic E-state index is 11.3. The zero-order valence-corrected chi connectivity index (χ0v) is 18.0. The Bertz CT molecular complexity index is 899. The molecule has 4 heteroatoms. The monoisotopic (exact) mass is 423 g/mol. The third kappa shape index (κ3) is 4.76. The molecule has 0 aliphatic heterocycles. The van der Waals surface area contributed by atoms with Gasteiger partial charge in [0, 0.05) is 5.92 Å². The molecule has 158 valence electrons. The summed E-state index contributed by atoms with van der Waals surface area (Å²) in [6.45, 7) is 2.55. The third-order valence-corrected chi connectivity index (χ3v) is 6.22. The third-order valence-electron chi connectivity index (χ3n) is 6.22. The number of aliphatic hydroxyl groups is 2. The number of hydrogen-bond acceptors (Lipinski definition) is 2. The summed E-state index contributed by atoms with van der Waals surface area (Å²) in [4.78, 5) is 0. The largest absolute Gasteiger partial charge is 1.00 e. The molecular formula is C26H30ClNO2. The minimum absolute atomic E-state index is 0. The summed E-state index contributed by atoms with van der Waals surface area (Å²) < 4.78 is 0. The molecule has 4 N–H and O–H groups in total. The number of aliphatic hydroxyl groups excluding tert-OH is 2. The average molecular weight is 424 g/mol. The van der Waals surface area contributed by atoms with Crippen LogP contribution < -0.4 is 17.7 Å². The first-order valence-electron chi connectivity index (χ1n) is 10.5. The standard InChI is InChI=1S/C26H29NO2.ClH/c1-18(26(29)21-11-3-2-4-12-21)27-17-24(28)25-22-13-7-5-9-19(22)15-16-20-10-6-8-14-23(20)25;/h2-14,18,24-29H,15-17H2,1H3;1H. The number of nitrogens with two attached hydrogens (primary N) is 1.